The number of amides is 2. The van der Waals surface area contributed by atoms with Crippen LogP contribution in [0.3, 0.4) is 0 Å². The van der Waals surface area contributed by atoms with Gasteiger partial charge in [0.15, 0.2) is 5.69 Å². The number of allylic oxidation sites excluding steroid dienone is 1. The third-order valence-electron chi connectivity index (χ3n) is 7.64. The standard InChI is InChI=1S/C37H38N4O5S/c1-6-16-39-36(43)32-10-9-27(33(40-32)37(44)46-5)25-8-7-24(34-23(14-18-45-4)15-19-47-34)21-29(25)35(42)41-31-12-11-30-26(13-17-38-30)28(31)20-22(2)3/h7-13,15,17,19-21,38H,6,14,16,18H2,1-5H3,(H,39,43)(H,41,42). The summed E-state index contributed by atoms with van der Waals surface area (Å²) in [6.45, 7) is 7.00. The molecule has 9 nitrogen and oxygen atoms in total. The fraction of sp³-hybridized carbons (Fsp3) is 0.243. The lowest BCUT2D eigenvalue weighted by molar-refractivity contribution is 0.0594. The van der Waals surface area contributed by atoms with Gasteiger partial charge in [-0.25, -0.2) is 9.78 Å². The molecule has 0 aliphatic rings. The van der Waals surface area contributed by atoms with Gasteiger partial charge >= 0.3 is 5.97 Å². The number of ether oxygens (including phenoxy) is 2. The third-order valence-corrected chi connectivity index (χ3v) is 8.64. The number of aromatic amines is 1. The normalized spacial score (nSPS) is 10.9. The maximum atomic E-state index is 14.4. The molecule has 0 spiro atoms. The highest BCUT2D eigenvalue weighted by Gasteiger charge is 2.24. The van der Waals surface area contributed by atoms with Gasteiger partial charge < -0.3 is 25.1 Å². The zero-order chi connectivity index (χ0) is 33.5. The second-order valence-corrected chi connectivity index (χ2v) is 12.2. The number of hydrogen-bond donors (Lipinski definition) is 3. The molecule has 47 heavy (non-hydrogen) atoms. The summed E-state index contributed by atoms with van der Waals surface area (Å²) in [4.78, 5) is 48.9. The molecule has 5 rings (SSSR count). The van der Waals surface area contributed by atoms with Gasteiger partial charge in [0.05, 0.1) is 13.7 Å². The van der Waals surface area contributed by atoms with Crippen LogP contribution in [0.15, 0.2) is 71.7 Å². The molecular weight excluding hydrogens is 612 g/mol. The molecule has 0 aliphatic carbocycles. The number of nitrogens with one attached hydrogen (secondary N) is 3. The molecule has 3 aromatic heterocycles. The van der Waals surface area contributed by atoms with E-state index in [-0.39, 0.29) is 17.3 Å². The van der Waals surface area contributed by atoms with E-state index in [9.17, 15) is 14.4 Å². The lowest BCUT2D eigenvalue weighted by Crippen LogP contribution is -2.26. The number of nitrogens with zero attached hydrogens (tertiary/aromatic N) is 1. The van der Waals surface area contributed by atoms with E-state index in [2.05, 4.69) is 26.7 Å². The molecule has 10 heteroatoms. The molecule has 5 aromatic rings. The lowest BCUT2D eigenvalue weighted by atomic mass is 9.94. The maximum Gasteiger partial charge on any atom is 0.357 e. The van der Waals surface area contributed by atoms with Crippen molar-refractivity contribution in [3.8, 4) is 21.6 Å². The molecule has 242 valence electrons. The summed E-state index contributed by atoms with van der Waals surface area (Å²) < 4.78 is 10.4. The minimum atomic E-state index is -0.718. The first kappa shape index (κ1) is 33.3. The van der Waals surface area contributed by atoms with Gasteiger partial charge in [0, 0.05) is 58.0 Å². The number of anilines is 1. The van der Waals surface area contributed by atoms with Gasteiger partial charge in [-0.1, -0.05) is 30.7 Å². The fourth-order valence-electron chi connectivity index (χ4n) is 5.39. The Bertz CT molecular complexity index is 1970. The number of hydrogen-bond acceptors (Lipinski definition) is 7. The van der Waals surface area contributed by atoms with Crippen LogP contribution in [-0.4, -0.2) is 55.1 Å². The summed E-state index contributed by atoms with van der Waals surface area (Å²) >= 11 is 1.58. The summed E-state index contributed by atoms with van der Waals surface area (Å²) in [5, 5.41) is 8.94. The Morgan fingerprint density at radius 3 is 2.53 bits per heavy atom. The molecule has 0 unspecified atom stereocenters. The van der Waals surface area contributed by atoms with Crippen LogP contribution < -0.4 is 10.6 Å². The molecular formula is C37H38N4O5S. The molecule has 0 radical (unpaired) electrons. The van der Waals surface area contributed by atoms with Crippen molar-refractivity contribution in [3.05, 3.63) is 99.8 Å². The number of rotatable bonds is 12. The van der Waals surface area contributed by atoms with Crippen molar-refractivity contribution in [1.82, 2.24) is 15.3 Å². The van der Waals surface area contributed by atoms with Crippen molar-refractivity contribution in [1.29, 1.82) is 0 Å². The summed E-state index contributed by atoms with van der Waals surface area (Å²) in [6.07, 6.45) is 5.38. The van der Waals surface area contributed by atoms with E-state index in [1.165, 1.54) is 7.11 Å². The number of thiophene rings is 1. The van der Waals surface area contributed by atoms with Crippen molar-refractivity contribution >= 4 is 51.8 Å². The van der Waals surface area contributed by atoms with Crippen molar-refractivity contribution < 1.29 is 23.9 Å². The Morgan fingerprint density at radius 2 is 1.79 bits per heavy atom. The lowest BCUT2D eigenvalue weighted by Gasteiger charge is -2.17. The van der Waals surface area contributed by atoms with Crippen LogP contribution >= 0.6 is 11.3 Å². The SMILES string of the molecule is CCCNC(=O)c1ccc(-c2ccc(-c3sccc3CCOC)cc2C(=O)Nc2ccc3[nH]ccc3c2C=C(C)C)c(C(=O)OC)n1. The number of carbonyl (C=O) groups is 3. The molecule has 0 atom stereocenters. The van der Waals surface area contributed by atoms with Crippen molar-refractivity contribution in [2.24, 2.45) is 0 Å². The monoisotopic (exact) mass is 650 g/mol. The first-order valence-electron chi connectivity index (χ1n) is 15.4. The highest BCUT2D eigenvalue weighted by atomic mass is 32.1. The highest BCUT2D eigenvalue weighted by molar-refractivity contribution is 7.13. The number of aromatic nitrogens is 2. The summed E-state index contributed by atoms with van der Waals surface area (Å²) in [5.74, 6) is -1.48. The van der Waals surface area contributed by atoms with E-state index in [1.54, 1.807) is 30.6 Å². The molecule has 3 heterocycles. The molecule has 2 amide bonds. The first-order chi connectivity index (χ1) is 22.7. The predicted octanol–water partition coefficient (Wildman–Crippen LogP) is 7.75. The molecule has 2 aromatic carbocycles. The van der Waals surface area contributed by atoms with E-state index in [0.29, 0.717) is 35.5 Å². The van der Waals surface area contributed by atoms with Crippen LogP contribution in [0.5, 0.6) is 0 Å². The van der Waals surface area contributed by atoms with Gasteiger partial charge in [-0.2, -0.15) is 0 Å². The van der Waals surface area contributed by atoms with E-state index in [0.717, 1.165) is 50.9 Å². The van der Waals surface area contributed by atoms with Crippen LogP contribution in [-0.2, 0) is 15.9 Å². The van der Waals surface area contributed by atoms with Gasteiger partial charge in [-0.15, -0.1) is 11.3 Å². The fourth-order valence-corrected chi connectivity index (χ4v) is 6.34. The number of benzene rings is 2. The van der Waals surface area contributed by atoms with Crippen LogP contribution in [0.2, 0.25) is 0 Å². The number of esters is 1. The number of H-pyrrole nitrogens is 1. The molecule has 0 aliphatic heterocycles. The van der Waals surface area contributed by atoms with Gasteiger partial charge in [0.1, 0.15) is 5.69 Å². The Balaban J connectivity index is 1.67. The smallest absolute Gasteiger partial charge is 0.357 e. The van der Waals surface area contributed by atoms with E-state index in [4.69, 9.17) is 9.47 Å². The predicted molar refractivity (Wildman–Crippen MR) is 188 cm³/mol. The van der Waals surface area contributed by atoms with Gasteiger partial charge in [0.2, 0.25) is 0 Å². The highest BCUT2D eigenvalue weighted by Crippen LogP contribution is 2.36. The maximum absolute atomic E-state index is 14.4. The number of pyridine rings is 1. The average molecular weight is 651 g/mol. The van der Waals surface area contributed by atoms with Crippen molar-refractivity contribution in [2.75, 3.05) is 32.7 Å². The van der Waals surface area contributed by atoms with E-state index >= 15 is 0 Å². The summed E-state index contributed by atoms with van der Waals surface area (Å²) in [6, 6.07) is 16.6. The second-order valence-electron chi connectivity index (χ2n) is 11.3. The van der Waals surface area contributed by atoms with Crippen LogP contribution in [0.1, 0.15) is 69.7 Å². The van der Waals surface area contributed by atoms with Crippen LogP contribution in [0, 0.1) is 0 Å². The zero-order valence-corrected chi connectivity index (χ0v) is 28.0. The Kier molecular flexibility index (Phi) is 10.6. The summed E-state index contributed by atoms with van der Waals surface area (Å²) in [7, 11) is 2.93. The first-order valence-corrected chi connectivity index (χ1v) is 16.3. The second kappa shape index (κ2) is 15.0. The molecule has 0 saturated heterocycles. The zero-order valence-electron chi connectivity index (χ0n) is 27.2. The molecule has 0 bridgehead atoms. The summed E-state index contributed by atoms with van der Waals surface area (Å²) in [5.41, 5.74) is 6.73. The molecule has 0 saturated carbocycles. The topological polar surface area (TPSA) is 122 Å². The van der Waals surface area contributed by atoms with Gasteiger partial charge in [-0.05, 0) is 91.2 Å². The largest absolute Gasteiger partial charge is 0.464 e. The number of methoxy groups -OCH3 is 2. The Morgan fingerprint density at radius 1 is 0.979 bits per heavy atom. The molecule has 3 N–H and O–H groups in total. The average Bonchev–Trinajstić information content (AvgIpc) is 3.76. The van der Waals surface area contributed by atoms with E-state index < -0.39 is 11.9 Å². The molecule has 0 fully saturated rings. The number of carbonyl (C=O) groups excluding carboxylic acids is 3. The third kappa shape index (κ3) is 7.34. The van der Waals surface area contributed by atoms with Crippen LogP contribution in [0.25, 0.3) is 38.5 Å². The van der Waals surface area contributed by atoms with E-state index in [1.807, 2.05) is 74.8 Å². The number of fused-ring (bicyclic) bond motifs is 1. The Hall–Kier alpha value is -5.06. The van der Waals surface area contributed by atoms with Gasteiger partial charge in [-0.3, -0.25) is 9.59 Å². The van der Waals surface area contributed by atoms with Crippen LogP contribution in [0.4, 0.5) is 5.69 Å². The van der Waals surface area contributed by atoms with Gasteiger partial charge in [0.25, 0.3) is 11.8 Å². The quantitative estimate of drug-likeness (QED) is 0.119. The minimum Gasteiger partial charge on any atom is -0.464 e. The van der Waals surface area contributed by atoms with Crippen molar-refractivity contribution in [3.63, 3.8) is 0 Å². The Labute approximate surface area is 278 Å². The minimum absolute atomic E-state index is 0.0608. The van der Waals surface area contributed by atoms with Crippen molar-refractivity contribution in [2.45, 2.75) is 33.6 Å².